The molecule has 7 nitrogen and oxygen atoms in total. The standard InChI is InChI=1S/C27H36Cl2N4O3/c1-8-15-33(24(10-3)20(7)34)27(36)22-12-11-21(16-23(22)29)26(35)32-19(6)25(31-18(5)9-2)30-14-13-17(4)28/h9,11-13,16,19,24H,2,5,8,10,14-15H2,1,3-4,6-7H3,(H,30,31)(H,32,35)/b17-13+/t19?,24-/m1/s1. The Morgan fingerprint density at radius 2 is 1.89 bits per heavy atom. The van der Waals surface area contributed by atoms with Crippen LogP contribution in [0, 0.1) is 0 Å². The molecule has 0 aliphatic carbocycles. The number of amidine groups is 1. The Hall–Kier alpha value is -2.90. The van der Waals surface area contributed by atoms with Gasteiger partial charge in [-0.1, -0.05) is 50.2 Å². The molecule has 1 unspecified atom stereocenters. The molecule has 0 aliphatic rings. The summed E-state index contributed by atoms with van der Waals surface area (Å²) in [7, 11) is 0. The molecule has 2 N–H and O–H groups in total. The molecule has 0 radical (unpaired) electrons. The Labute approximate surface area is 224 Å². The number of amides is 2. The number of nitrogens with zero attached hydrogens (tertiary/aromatic N) is 2. The van der Waals surface area contributed by atoms with E-state index in [1.807, 2.05) is 13.8 Å². The summed E-state index contributed by atoms with van der Waals surface area (Å²) in [5.41, 5.74) is 1.05. The van der Waals surface area contributed by atoms with E-state index in [4.69, 9.17) is 23.2 Å². The minimum Gasteiger partial charge on any atom is -0.343 e. The topological polar surface area (TPSA) is 90.9 Å². The maximum absolute atomic E-state index is 13.2. The maximum Gasteiger partial charge on any atom is 0.255 e. The molecule has 2 atom stereocenters. The van der Waals surface area contributed by atoms with Crippen LogP contribution in [0.15, 0.2) is 59.2 Å². The van der Waals surface area contributed by atoms with Crippen molar-refractivity contribution in [2.45, 2.75) is 59.5 Å². The molecule has 2 amide bonds. The molecule has 0 saturated heterocycles. The summed E-state index contributed by atoms with van der Waals surface area (Å²) in [6, 6.07) is 3.47. The SMILES string of the molecule is C=CC(=C)NC(=NC/C=C(\C)Cl)C(C)NC(=O)c1ccc(C(=O)N(CCC)[C@H](CC)C(C)=O)c(Cl)c1. The van der Waals surface area contributed by atoms with Crippen LogP contribution in [0.3, 0.4) is 0 Å². The fourth-order valence-electron chi connectivity index (χ4n) is 3.47. The monoisotopic (exact) mass is 534 g/mol. The van der Waals surface area contributed by atoms with Crippen LogP contribution in [-0.4, -0.2) is 53.5 Å². The highest BCUT2D eigenvalue weighted by atomic mass is 35.5. The summed E-state index contributed by atoms with van der Waals surface area (Å²) < 4.78 is 0. The number of Topliss-reactive ketones (excluding diaryl/α,β-unsaturated/α-hetero) is 1. The van der Waals surface area contributed by atoms with Crippen molar-refractivity contribution in [2.75, 3.05) is 13.1 Å². The number of aliphatic imine (C=N–C) groups is 1. The first kappa shape index (κ1) is 31.1. The third kappa shape index (κ3) is 9.28. The van der Waals surface area contributed by atoms with Crippen LogP contribution in [-0.2, 0) is 4.79 Å². The van der Waals surface area contributed by atoms with Crippen LogP contribution in [0.2, 0.25) is 5.02 Å². The third-order valence-corrected chi connectivity index (χ3v) is 5.81. The molecule has 1 aromatic carbocycles. The summed E-state index contributed by atoms with van der Waals surface area (Å²) in [6.45, 7) is 17.0. The predicted molar refractivity (Wildman–Crippen MR) is 149 cm³/mol. The maximum atomic E-state index is 13.2. The Bertz CT molecular complexity index is 1050. The van der Waals surface area contributed by atoms with Crippen molar-refractivity contribution in [1.82, 2.24) is 15.5 Å². The van der Waals surface area contributed by atoms with Gasteiger partial charge >= 0.3 is 0 Å². The van der Waals surface area contributed by atoms with Crippen LogP contribution in [0.25, 0.3) is 0 Å². The molecule has 0 aliphatic heterocycles. The molecule has 1 rings (SSSR count). The van der Waals surface area contributed by atoms with Gasteiger partial charge < -0.3 is 15.5 Å². The van der Waals surface area contributed by atoms with E-state index in [1.165, 1.54) is 25.1 Å². The first-order valence-corrected chi connectivity index (χ1v) is 12.6. The van der Waals surface area contributed by atoms with E-state index >= 15 is 0 Å². The van der Waals surface area contributed by atoms with Gasteiger partial charge in [-0.2, -0.15) is 0 Å². The van der Waals surface area contributed by atoms with E-state index in [9.17, 15) is 14.4 Å². The lowest BCUT2D eigenvalue weighted by molar-refractivity contribution is -0.121. The minimum absolute atomic E-state index is 0.0812. The highest BCUT2D eigenvalue weighted by molar-refractivity contribution is 6.34. The number of rotatable bonds is 13. The van der Waals surface area contributed by atoms with Gasteiger partial charge in [-0.15, -0.1) is 0 Å². The predicted octanol–water partition coefficient (Wildman–Crippen LogP) is 5.51. The van der Waals surface area contributed by atoms with Gasteiger partial charge in [0.2, 0.25) is 0 Å². The van der Waals surface area contributed by atoms with E-state index in [0.29, 0.717) is 42.5 Å². The van der Waals surface area contributed by atoms with Crippen molar-refractivity contribution in [2.24, 2.45) is 4.99 Å². The molecule has 9 heteroatoms. The van der Waals surface area contributed by atoms with Gasteiger partial charge in [0, 0.05) is 22.8 Å². The van der Waals surface area contributed by atoms with E-state index in [0.717, 1.165) is 0 Å². The molecule has 196 valence electrons. The first-order chi connectivity index (χ1) is 17.0. The number of allylic oxidation sites excluding steroid dienone is 2. The number of nitrogens with one attached hydrogen (secondary N) is 2. The number of carbonyl (C=O) groups is 3. The highest BCUT2D eigenvalue weighted by Crippen LogP contribution is 2.22. The van der Waals surface area contributed by atoms with Crippen molar-refractivity contribution >= 4 is 46.6 Å². The van der Waals surface area contributed by atoms with Gasteiger partial charge in [0.15, 0.2) is 5.78 Å². The zero-order valence-electron chi connectivity index (χ0n) is 21.7. The quantitative estimate of drug-likeness (QED) is 0.198. The molecule has 0 heterocycles. The van der Waals surface area contributed by atoms with Gasteiger partial charge in [-0.3, -0.25) is 19.4 Å². The largest absolute Gasteiger partial charge is 0.343 e. The number of ketones is 1. The van der Waals surface area contributed by atoms with E-state index in [-0.39, 0.29) is 27.8 Å². The lowest BCUT2D eigenvalue weighted by atomic mass is 10.0. The van der Waals surface area contributed by atoms with Crippen molar-refractivity contribution in [3.05, 3.63) is 70.4 Å². The second-order valence-corrected chi connectivity index (χ2v) is 9.30. The molecular weight excluding hydrogens is 499 g/mol. The summed E-state index contributed by atoms with van der Waals surface area (Å²) in [5.74, 6) is -0.340. The van der Waals surface area contributed by atoms with Crippen molar-refractivity contribution < 1.29 is 14.4 Å². The van der Waals surface area contributed by atoms with Gasteiger partial charge in [0.05, 0.1) is 29.2 Å². The lowest BCUT2D eigenvalue weighted by Crippen LogP contribution is -2.45. The molecule has 0 spiro atoms. The Morgan fingerprint density at radius 3 is 2.39 bits per heavy atom. The van der Waals surface area contributed by atoms with Crippen LogP contribution < -0.4 is 10.6 Å². The minimum atomic E-state index is -0.523. The van der Waals surface area contributed by atoms with E-state index < -0.39 is 18.0 Å². The molecule has 0 aromatic heterocycles. The molecule has 36 heavy (non-hydrogen) atoms. The number of benzene rings is 1. The van der Waals surface area contributed by atoms with Gasteiger partial charge in [-0.05, 0) is 64.0 Å². The number of carbonyl (C=O) groups excluding carboxylic acids is 3. The van der Waals surface area contributed by atoms with Gasteiger partial charge in [-0.25, -0.2) is 0 Å². The summed E-state index contributed by atoms with van der Waals surface area (Å²) >= 11 is 12.3. The zero-order chi connectivity index (χ0) is 27.4. The van der Waals surface area contributed by atoms with Crippen molar-refractivity contribution in [3.63, 3.8) is 0 Å². The Balaban J connectivity index is 3.14. The Morgan fingerprint density at radius 1 is 1.22 bits per heavy atom. The lowest BCUT2D eigenvalue weighted by Gasteiger charge is -2.29. The molecule has 0 saturated carbocycles. The average Bonchev–Trinajstić information content (AvgIpc) is 2.82. The van der Waals surface area contributed by atoms with Crippen molar-refractivity contribution in [3.8, 4) is 0 Å². The van der Waals surface area contributed by atoms with Gasteiger partial charge in [0.1, 0.15) is 5.84 Å². The first-order valence-electron chi connectivity index (χ1n) is 11.8. The molecule has 0 fully saturated rings. The van der Waals surface area contributed by atoms with Crippen molar-refractivity contribution in [1.29, 1.82) is 0 Å². The second kappa shape index (κ2) is 15.3. The van der Waals surface area contributed by atoms with Crippen LogP contribution >= 0.6 is 23.2 Å². The smallest absolute Gasteiger partial charge is 0.255 e. The van der Waals surface area contributed by atoms with Crippen LogP contribution in [0.4, 0.5) is 0 Å². The molecule has 1 aromatic rings. The van der Waals surface area contributed by atoms with Crippen LogP contribution in [0.5, 0.6) is 0 Å². The van der Waals surface area contributed by atoms with E-state index in [2.05, 4.69) is 28.8 Å². The number of hydrogen-bond acceptors (Lipinski definition) is 4. The summed E-state index contributed by atoms with van der Waals surface area (Å²) in [6.07, 6.45) is 4.48. The fraction of sp³-hybridized carbons (Fsp3) is 0.407. The molecular formula is C27H36Cl2N4O3. The highest BCUT2D eigenvalue weighted by Gasteiger charge is 2.28. The number of hydrogen-bond donors (Lipinski definition) is 2. The van der Waals surface area contributed by atoms with E-state index in [1.54, 1.807) is 30.9 Å². The number of halogens is 2. The second-order valence-electron chi connectivity index (χ2n) is 8.29. The molecule has 0 bridgehead atoms. The van der Waals surface area contributed by atoms with Crippen LogP contribution in [0.1, 0.15) is 68.2 Å². The summed E-state index contributed by atoms with van der Waals surface area (Å²) in [5, 5.41) is 6.63. The summed E-state index contributed by atoms with van der Waals surface area (Å²) in [4.78, 5) is 44.2. The third-order valence-electron chi connectivity index (χ3n) is 5.35. The Kier molecular flexibility index (Phi) is 13.2. The normalized spacial score (nSPS) is 13.4. The zero-order valence-corrected chi connectivity index (χ0v) is 23.2. The average molecular weight is 536 g/mol. The van der Waals surface area contributed by atoms with Gasteiger partial charge in [0.25, 0.3) is 11.8 Å². The fourth-order valence-corrected chi connectivity index (χ4v) is 3.80.